The summed E-state index contributed by atoms with van der Waals surface area (Å²) in [6.45, 7) is 2.54. The molecule has 26 heavy (non-hydrogen) atoms. The monoisotopic (exact) mass is 370 g/mol. The van der Waals surface area contributed by atoms with Gasteiger partial charge in [-0.1, -0.05) is 30.3 Å². The van der Waals surface area contributed by atoms with E-state index in [1.807, 2.05) is 49.4 Å². The first-order valence-corrected chi connectivity index (χ1v) is 9.28. The van der Waals surface area contributed by atoms with Crippen LogP contribution >= 0.6 is 0 Å². The van der Waals surface area contributed by atoms with Crippen molar-refractivity contribution in [3.8, 4) is 11.1 Å². The number of anilines is 1. The van der Waals surface area contributed by atoms with E-state index in [2.05, 4.69) is 15.5 Å². The number of nitrogens with two attached hydrogens (primary N) is 1. The molecule has 3 rings (SSSR count). The standard InChI is InChI=1S/C18H18N4O3S/c1-2-20-16-14-8-7-13(9-15(14)21-22-17(16)18(19)23)12-5-3-11(4-6-12)10-26(24)25/h3-9H,2,10H2,1H3,(H2,19,23)(H,20,21)(H,24,25). The van der Waals surface area contributed by atoms with Crippen LogP contribution in [0.25, 0.3) is 22.0 Å². The van der Waals surface area contributed by atoms with Gasteiger partial charge < -0.3 is 15.6 Å². The molecule has 0 bridgehead atoms. The topological polar surface area (TPSA) is 118 Å². The minimum Gasteiger partial charge on any atom is -0.383 e. The van der Waals surface area contributed by atoms with Gasteiger partial charge in [0.05, 0.1) is 17.0 Å². The number of nitrogens with one attached hydrogen (secondary N) is 1. The van der Waals surface area contributed by atoms with Gasteiger partial charge in [-0.25, -0.2) is 4.21 Å². The van der Waals surface area contributed by atoms with Crippen molar-refractivity contribution in [2.24, 2.45) is 5.73 Å². The minimum absolute atomic E-state index is 0.103. The lowest BCUT2D eigenvalue weighted by Crippen LogP contribution is -2.17. The molecule has 1 aromatic heterocycles. The molecule has 0 radical (unpaired) electrons. The van der Waals surface area contributed by atoms with Crippen molar-refractivity contribution < 1.29 is 13.6 Å². The van der Waals surface area contributed by atoms with Crippen molar-refractivity contribution >= 4 is 33.6 Å². The third-order valence-corrected chi connectivity index (χ3v) is 4.51. The molecule has 8 heteroatoms. The number of amides is 1. The molecule has 0 saturated carbocycles. The van der Waals surface area contributed by atoms with E-state index in [0.717, 1.165) is 22.1 Å². The molecule has 0 aliphatic rings. The normalized spacial score (nSPS) is 12.1. The Morgan fingerprint density at radius 2 is 1.85 bits per heavy atom. The van der Waals surface area contributed by atoms with Crippen molar-refractivity contribution in [1.29, 1.82) is 0 Å². The predicted octanol–water partition coefficient (Wildman–Crippen LogP) is 2.55. The lowest BCUT2D eigenvalue weighted by Gasteiger charge is -2.11. The maximum Gasteiger partial charge on any atom is 0.271 e. The predicted molar refractivity (Wildman–Crippen MR) is 102 cm³/mol. The van der Waals surface area contributed by atoms with Gasteiger partial charge in [0.25, 0.3) is 5.91 Å². The van der Waals surface area contributed by atoms with Crippen molar-refractivity contribution in [3.63, 3.8) is 0 Å². The maximum atomic E-state index is 11.6. The summed E-state index contributed by atoms with van der Waals surface area (Å²) < 4.78 is 19.8. The summed E-state index contributed by atoms with van der Waals surface area (Å²) in [5.41, 5.74) is 9.39. The second-order valence-electron chi connectivity index (χ2n) is 5.71. The van der Waals surface area contributed by atoms with Gasteiger partial charge in [-0.05, 0) is 35.7 Å². The first-order chi connectivity index (χ1) is 12.5. The average Bonchev–Trinajstić information content (AvgIpc) is 2.61. The third kappa shape index (κ3) is 3.71. The number of rotatable bonds is 6. The molecule has 0 fully saturated rings. The van der Waals surface area contributed by atoms with Crippen LogP contribution in [0.5, 0.6) is 0 Å². The van der Waals surface area contributed by atoms with Crippen molar-refractivity contribution in [1.82, 2.24) is 10.2 Å². The van der Waals surface area contributed by atoms with Gasteiger partial charge in [0.1, 0.15) is 0 Å². The van der Waals surface area contributed by atoms with Crippen molar-refractivity contribution in [2.45, 2.75) is 12.7 Å². The maximum absolute atomic E-state index is 11.6. The SMILES string of the molecule is CCNc1c(C(N)=O)nnc2cc(-c3ccc(CS(=O)O)cc3)ccc12. The number of nitrogens with zero attached hydrogens (tertiary/aromatic N) is 2. The number of fused-ring (bicyclic) bond motifs is 1. The van der Waals surface area contributed by atoms with E-state index in [4.69, 9.17) is 10.3 Å². The van der Waals surface area contributed by atoms with Gasteiger partial charge >= 0.3 is 0 Å². The number of primary amides is 1. The van der Waals surface area contributed by atoms with E-state index in [1.54, 1.807) is 0 Å². The van der Waals surface area contributed by atoms with Gasteiger partial charge in [-0.15, -0.1) is 10.2 Å². The first kappa shape index (κ1) is 18.0. The highest BCUT2D eigenvalue weighted by molar-refractivity contribution is 7.78. The van der Waals surface area contributed by atoms with Gasteiger partial charge in [0.15, 0.2) is 16.8 Å². The molecule has 0 saturated heterocycles. The van der Waals surface area contributed by atoms with E-state index >= 15 is 0 Å². The summed E-state index contributed by atoms with van der Waals surface area (Å²) in [5.74, 6) is -0.526. The zero-order valence-electron chi connectivity index (χ0n) is 14.1. The van der Waals surface area contributed by atoms with Crippen LogP contribution in [0, 0.1) is 0 Å². The Hall–Kier alpha value is -2.84. The third-order valence-electron chi connectivity index (χ3n) is 3.93. The number of benzene rings is 2. The van der Waals surface area contributed by atoms with E-state index in [-0.39, 0.29) is 11.4 Å². The highest BCUT2D eigenvalue weighted by atomic mass is 32.2. The molecule has 0 spiro atoms. The van der Waals surface area contributed by atoms with Crippen LogP contribution in [0.2, 0.25) is 0 Å². The Labute approximate surface area is 152 Å². The highest BCUT2D eigenvalue weighted by Crippen LogP contribution is 2.29. The quantitative estimate of drug-likeness (QED) is 0.574. The summed E-state index contributed by atoms with van der Waals surface area (Å²) in [7, 11) is 0. The van der Waals surface area contributed by atoms with Gasteiger partial charge in [-0.2, -0.15) is 0 Å². The molecule has 1 unspecified atom stereocenters. The zero-order valence-corrected chi connectivity index (χ0v) is 14.9. The molecule has 0 aliphatic heterocycles. The van der Waals surface area contributed by atoms with E-state index in [9.17, 15) is 9.00 Å². The Morgan fingerprint density at radius 3 is 2.46 bits per heavy atom. The molecule has 2 aromatic carbocycles. The number of carbonyl (C=O) groups is 1. The summed E-state index contributed by atoms with van der Waals surface area (Å²) in [5, 5.41) is 12.0. The molecule has 7 nitrogen and oxygen atoms in total. The molecular weight excluding hydrogens is 352 g/mol. The molecular formula is C18H18N4O3S. The Bertz CT molecular complexity index is 990. The number of carbonyl (C=O) groups excluding carboxylic acids is 1. The molecule has 134 valence electrons. The second kappa shape index (κ2) is 7.59. The van der Waals surface area contributed by atoms with E-state index < -0.39 is 17.0 Å². The molecule has 3 aromatic rings. The Morgan fingerprint density at radius 1 is 1.15 bits per heavy atom. The van der Waals surface area contributed by atoms with Crippen LogP contribution in [-0.4, -0.2) is 31.4 Å². The first-order valence-electron chi connectivity index (χ1n) is 8.00. The zero-order chi connectivity index (χ0) is 18.7. The van der Waals surface area contributed by atoms with Crippen LogP contribution in [0.15, 0.2) is 42.5 Å². The summed E-state index contributed by atoms with van der Waals surface area (Å²) in [4.78, 5) is 11.6. The Balaban J connectivity index is 2.03. The fourth-order valence-electron chi connectivity index (χ4n) is 2.75. The molecule has 4 N–H and O–H groups in total. The fraction of sp³-hybridized carbons (Fsp3) is 0.167. The Kier molecular flexibility index (Phi) is 5.24. The largest absolute Gasteiger partial charge is 0.383 e. The van der Waals surface area contributed by atoms with Crippen molar-refractivity contribution in [3.05, 3.63) is 53.7 Å². The summed E-state index contributed by atoms with van der Waals surface area (Å²) >= 11 is -1.86. The van der Waals surface area contributed by atoms with Gasteiger partial charge in [-0.3, -0.25) is 4.79 Å². The second-order valence-corrected chi connectivity index (χ2v) is 6.64. The van der Waals surface area contributed by atoms with Crippen LogP contribution in [0.3, 0.4) is 0 Å². The molecule has 1 atom stereocenters. The number of hydrogen-bond donors (Lipinski definition) is 3. The summed E-state index contributed by atoms with van der Waals surface area (Å²) in [6, 6.07) is 13.1. The van der Waals surface area contributed by atoms with E-state index in [1.165, 1.54) is 0 Å². The van der Waals surface area contributed by atoms with Gasteiger partial charge in [0.2, 0.25) is 0 Å². The van der Waals surface area contributed by atoms with Crippen LogP contribution in [0.4, 0.5) is 5.69 Å². The van der Waals surface area contributed by atoms with Crippen LogP contribution in [0.1, 0.15) is 23.0 Å². The average molecular weight is 370 g/mol. The number of aromatic nitrogens is 2. The lowest BCUT2D eigenvalue weighted by molar-refractivity contribution is 0.0995. The smallest absolute Gasteiger partial charge is 0.271 e. The fourth-order valence-corrected chi connectivity index (χ4v) is 3.23. The lowest BCUT2D eigenvalue weighted by atomic mass is 10.0. The summed E-state index contributed by atoms with van der Waals surface area (Å²) in [6.07, 6.45) is 0. The number of hydrogen-bond acceptors (Lipinski definition) is 5. The molecule has 1 heterocycles. The van der Waals surface area contributed by atoms with Crippen LogP contribution in [-0.2, 0) is 16.8 Å². The minimum atomic E-state index is -1.86. The van der Waals surface area contributed by atoms with Gasteiger partial charge in [0, 0.05) is 11.9 Å². The highest BCUT2D eigenvalue weighted by Gasteiger charge is 2.15. The van der Waals surface area contributed by atoms with Crippen LogP contribution < -0.4 is 11.1 Å². The van der Waals surface area contributed by atoms with E-state index in [0.29, 0.717) is 17.7 Å². The molecule has 0 aliphatic carbocycles. The molecule has 1 amide bonds. The van der Waals surface area contributed by atoms with Crippen molar-refractivity contribution in [2.75, 3.05) is 11.9 Å².